The lowest BCUT2D eigenvalue weighted by molar-refractivity contribution is -0.119. The van der Waals surface area contributed by atoms with Crippen molar-refractivity contribution in [2.24, 2.45) is 5.41 Å². The lowest BCUT2D eigenvalue weighted by Crippen LogP contribution is -2.44. The van der Waals surface area contributed by atoms with Crippen molar-refractivity contribution < 1.29 is 14.7 Å². The largest absolute Gasteiger partial charge is 0.465 e. The van der Waals surface area contributed by atoms with E-state index in [1.807, 2.05) is 20.8 Å². The van der Waals surface area contributed by atoms with Crippen LogP contribution in [0.3, 0.4) is 0 Å². The summed E-state index contributed by atoms with van der Waals surface area (Å²) in [4.78, 5) is 29.7. The van der Waals surface area contributed by atoms with Crippen molar-refractivity contribution in [2.45, 2.75) is 20.8 Å². The predicted octanol–water partition coefficient (Wildman–Crippen LogP) is 2.13. The summed E-state index contributed by atoms with van der Waals surface area (Å²) in [5.41, 5.74) is -0.196. The van der Waals surface area contributed by atoms with Gasteiger partial charge in [0.1, 0.15) is 6.54 Å². The van der Waals surface area contributed by atoms with Gasteiger partial charge in [0.25, 0.3) is 0 Å². The molecule has 1 rings (SSSR count). The first-order valence-corrected chi connectivity index (χ1v) is 6.72. The number of carboxylic acid groups (broad SMARTS) is 1. The Morgan fingerprint density at radius 2 is 2.05 bits per heavy atom. The van der Waals surface area contributed by atoms with Gasteiger partial charge < -0.3 is 5.11 Å². The van der Waals surface area contributed by atoms with E-state index in [0.717, 1.165) is 4.90 Å². The van der Waals surface area contributed by atoms with E-state index in [-0.39, 0.29) is 17.9 Å². The van der Waals surface area contributed by atoms with Gasteiger partial charge in [-0.15, -0.1) is 11.3 Å². The molecule has 0 unspecified atom stereocenters. The number of carbonyl (C=O) groups is 2. The molecule has 6 nitrogen and oxygen atoms in total. The first kappa shape index (κ1) is 15.4. The number of anilines is 1. The van der Waals surface area contributed by atoms with Gasteiger partial charge in [0, 0.05) is 25.2 Å². The van der Waals surface area contributed by atoms with Crippen LogP contribution < -0.4 is 4.90 Å². The van der Waals surface area contributed by atoms with Crippen LogP contribution in [0.2, 0.25) is 0 Å². The number of thiazole rings is 1. The molecule has 0 aliphatic rings. The van der Waals surface area contributed by atoms with Crippen LogP contribution in [0.1, 0.15) is 20.8 Å². The standard InChI is InChI=1S/C12H19N3O3S/c1-12(2,3)8-15(11(17)18)7-9(16)14(4)10-13-5-6-19-10/h5-6H,7-8H2,1-4H3,(H,17,18). The number of hydrogen-bond donors (Lipinski definition) is 1. The summed E-state index contributed by atoms with van der Waals surface area (Å²) in [5.74, 6) is -0.290. The summed E-state index contributed by atoms with van der Waals surface area (Å²) in [5, 5.41) is 11.5. The average Bonchev–Trinajstić information content (AvgIpc) is 2.78. The Labute approximate surface area is 116 Å². The molecule has 1 aromatic rings. The molecule has 2 amide bonds. The lowest BCUT2D eigenvalue weighted by atomic mass is 9.96. The third-order valence-electron chi connectivity index (χ3n) is 2.34. The zero-order chi connectivity index (χ0) is 14.6. The molecule has 0 radical (unpaired) electrons. The van der Waals surface area contributed by atoms with Gasteiger partial charge >= 0.3 is 6.09 Å². The van der Waals surface area contributed by atoms with Gasteiger partial charge in [-0.25, -0.2) is 9.78 Å². The fourth-order valence-electron chi connectivity index (χ4n) is 1.52. The highest BCUT2D eigenvalue weighted by Crippen LogP contribution is 2.18. The molecule has 0 atom stereocenters. The van der Waals surface area contributed by atoms with Gasteiger partial charge in [0.05, 0.1) is 0 Å². The van der Waals surface area contributed by atoms with Gasteiger partial charge in [-0.2, -0.15) is 0 Å². The SMILES string of the molecule is CN(C(=O)CN(CC(C)(C)C)C(=O)O)c1nccs1. The smallest absolute Gasteiger partial charge is 0.407 e. The molecule has 0 bridgehead atoms. The van der Waals surface area contributed by atoms with Crippen LogP contribution in [0.15, 0.2) is 11.6 Å². The van der Waals surface area contributed by atoms with Crippen molar-refractivity contribution >= 4 is 28.5 Å². The Morgan fingerprint density at radius 3 is 2.47 bits per heavy atom. The predicted molar refractivity (Wildman–Crippen MR) is 74.6 cm³/mol. The van der Waals surface area contributed by atoms with Crippen LogP contribution in [-0.4, -0.2) is 47.1 Å². The van der Waals surface area contributed by atoms with Gasteiger partial charge in [0.15, 0.2) is 5.13 Å². The van der Waals surface area contributed by atoms with Crippen molar-refractivity contribution in [3.05, 3.63) is 11.6 Å². The maximum absolute atomic E-state index is 12.0. The van der Waals surface area contributed by atoms with E-state index in [0.29, 0.717) is 11.7 Å². The second-order valence-electron chi connectivity index (χ2n) is 5.47. The van der Waals surface area contributed by atoms with Gasteiger partial charge in [-0.05, 0) is 5.41 Å². The molecular formula is C12H19N3O3S. The average molecular weight is 285 g/mol. The Kier molecular flexibility index (Phi) is 4.88. The van der Waals surface area contributed by atoms with Crippen LogP contribution in [-0.2, 0) is 4.79 Å². The maximum Gasteiger partial charge on any atom is 0.407 e. The third kappa shape index (κ3) is 4.86. The van der Waals surface area contributed by atoms with E-state index in [1.165, 1.54) is 16.2 Å². The molecule has 7 heteroatoms. The summed E-state index contributed by atoms with van der Waals surface area (Å²) in [7, 11) is 1.60. The van der Waals surface area contributed by atoms with E-state index in [4.69, 9.17) is 5.11 Å². The Hall–Kier alpha value is -1.63. The van der Waals surface area contributed by atoms with Gasteiger partial charge in [-0.3, -0.25) is 14.6 Å². The minimum atomic E-state index is -1.09. The van der Waals surface area contributed by atoms with Crippen LogP contribution in [0.5, 0.6) is 0 Å². The van der Waals surface area contributed by atoms with Crippen molar-refractivity contribution in [3.63, 3.8) is 0 Å². The molecule has 1 N–H and O–H groups in total. The van der Waals surface area contributed by atoms with Crippen molar-refractivity contribution in [1.29, 1.82) is 0 Å². The highest BCUT2D eigenvalue weighted by atomic mass is 32.1. The van der Waals surface area contributed by atoms with Crippen molar-refractivity contribution in [3.8, 4) is 0 Å². The van der Waals surface area contributed by atoms with Gasteiger partial charge in [-0.1, -0.05) is 20.8 Å². The van der Waals surface area contributed by atoms with Gasteiger partial charge in [0.2, 0.25) is 5.91 Å². The van der Waals surface area contributed by atoms with Crippen LogP contribution in [0.25, 0.3) is 0 Å². The van der Waals surface area contributed by atoms with E-state index < -0.39 is 6.09 Å². The first-order chi connectivity index (χ1) is 8.70. The molecule has 0 spiro atoms. The molecule has 0 saturated heterocycles. The van der Waals surface area contributed by atoms with Crippen molar-refractivity contribution in [1.82, 2.24) is 9.88 Å². The highest BCUT2D eigenvalue weighted by molar-refractivity contribution is 7.13. The minimum absolute atomic E-state index is 0.164. The number of carbonyl (C=O) groups excluding carboxylic acids is 1. The number of aromatic nitrogens is 1. The Bertz CT molecular complexity index is 440. The molecule has 0 fully saturated rings. The molecule has 1 heterocycles. The number of rotatable bonds is 4. The quantitative estimate of drug-likeness (QED) is 0.919. The zero-order valence-corrected chi connectivity index (χ0v) is 12.4. The number of hydrogen-bond acceptors (Lipinski definition) is 4. The Morgan fingerprint density at radius 1 is 1.42 bits per heavy atom. The van der Waals surface area contributed by atoms with E-state index in [1.54, 1.807) is 18.6 Å². The fourth-order valence-corrected chi connectivity index (χ4v) is 2.15. The molecule has 106 valence electrons. The molecule has 0 aromatic carbocycles. The van der Waals surface area contributed by atoms with Crippen LogP contribution >= 0.6 is 11.3 Å². The normalized spacial score (nSPS) is 11.2. The number of amides is 2. The zero-order valence-electron chi connectivity index (χ0n) is 11.6. The maximum atomic E-state index is 12.0. The van der Waals surface area contributed by atoms with Crippen LogP contribution in [0.4, 0.5) is 9.93 Å². The molecule has 0 aliphatic carbocycles. The number of nitrogens with zero attached hydrogens (tertiary/aromatic N) is 3. The molecular weight excluding hydrogens is 266 g/mol. The third-order valence-corrected chi connectivity index (χ3v) is 3.19. The highest BCUT2D eigenvalue weighted by Gasteiger charge is 2.24. The summed E-state index contributed by atoms with van der Waals surface area (Å²) < 4.78 is 0. The summed E-state index contributed by atoms with van der Waals surface area (Å²) in [6.07, 6.45) is 0.518. The summed E-state index contributed by atoms with van der Waals surface area (Å²) in [6, 6.07) is 0. The summed E-state index contributed by atoms with van der Waals surface area (Å²) in [6.45, 7) is 5.93. The van der Waals surface area contributed by atoms with E-state index in [2.05, 4.69) is 4.98 Å². The van der Waals surface area contributed by atoms with E-state index >= 15 is 0 Å². The fraction of sp³-hybridized carbons (Fsp3) is 0.583. The second kappa shape index (κ2) is 6.01. The monoisotopic (exact) mass is 285 g/mol. The molecule has 19 heavy (non-hydrogen) atoms. The number of likely N-dealkylation sites (N-methyl/N-ethyl adjacent to an activating group) is 1. The second-order valence-corrected chi connectivity index (χ2v) is 6.34. The first-order valence-electron chi connectivity index (χ1n) is 5.84. The topological polar surface area (TPSA) is 73.7 Å². The van der Waals surface area contributed by atoms with Crippen LogP contribution in [0, 0.1) is 5.41 Å². The van der Waals surface area contributed by atoms with E-state index in [9.17, 15) is 9.59 Å². The molecule has 1 aromatic heterocycles. The lowest BCUT2D eigenvalue weighted by Gasteiger charge is -2.28. The Balaban J connectivity index is 2.69. The van der Waals surface area contributed by atoms with Crippen molar-refractivity contribution in [2.75, 3.05) is 25.0 Å². The minimum Gasteiger partial charge on any atom is -0.465 e. The molecule has 0 saturated carbocycles. The summed E-state index contributed by atoms with van der Waals surface area (Å²) >= 11 is 1.34. The molecule has 0 aliphatic heterocycles.